The minimum Gasteiger partial charge on any atom is -0.444 e. The number of nitrogens with zero attached hydrogens (tertiary/aromatic N) is 2. The van der Waals surface area contributed by atoms with Crippen LogP contribution in [0.3, 0.4) is 0 Å². The number of hydrogen-bond donors (Lipinski definition) is 0. The summed E-state index contributed by atoms with van der Waals surface area (Å²) in [5, 5.41) is 0.944. The highest BCUT2D eigenvalue weighted by molar-refractivity contribution is 6.42. The van der Waals surface area contributed by atoms with Gasteiger partial charge in [-0.25, -0.2) is 4.79 Å². The van der Waals surface area contributed by atoms with Crippen molar-refractivity contribution in [2.24, 2.45) is 0 Å². The zero-order valence-corrected chi connectivity index (χ0v) is 18.8. The molecular formula is C21H30Cl2N2O3. The van der Waals surface area contributed by atoms with Crippen LogP contribution in [-0.4, -0.2) is 46.0 Å². The Hall–Kier alpha value is -1.46. The average molecular weight is 429 g/mol. The Morgan fingerprint density at radius 1 is 1.21 bits per heavy atom. The lowest BCUT2D eigenvalue weighted by Crippen LogP contribution is -2.55. The maximum atomic E-state index is 13.4. The molecule has 156 valence electrons. The Kier molecular flexibility index (Phi) is 7.63. The number of ether oxygens (including phenoxy) is 1. The quantitative estimate of drug-likeness (QED) is 0.633. The van der Waals surface area contributed by atoms with E-state index in [1.54, 1.807) is 21.9 Å². The smallest absolute Gasteiger partial charge is 0.410 e. The van der Waals surface area contributed by atoms with E-state index in [-0.39, 0.29) is 11.9 Å². The number of piperidine rings is 1. The molecule has 0 radical (unpaired) electrons. The predicted molar refractivity (Wildman–Crippen MR) is 113 cm³/mol. The van der Waals surface area contributed by atoms with Gasteiger partial charge in [0.25, 0.3) is 0 Å². The zero-order chi connectivity index (χ0) is 21.1. The summed E-state index contributed by atoms with van der Waals surface area (Å²) < 4.78 is 5.53. The molecule has 5 nitrogen and oxygen atoms in total. The second kappa shape index (κ2) is 9.36. The third-order valence-electron chi connectivity index (χ3n) is 4.66. The summed E-state index contributed by atoms with van der Waals surface area (Å²) in [6.45, 7) is 10.4. The number of hydrogen-bond acceptors (Lipinski definition) is 3. The number of carbonyl (C=O) groups is 2. The van der Waals surface area contributed by atoms with E-state index < -0.39 is 17.7 Å². The van der Waals surface area contributed by atoms with E-state index in [0.717, 1.165) is 18.4 Å². The molecule has 1 heterocycles. The first-order valence-corrected chi connectivity index (χ1v) is 10.5. The standard InChI is InChI=1S/C21H30Cl2N2O3/c1-14(2)25(13-15-9-10-16(22)17(23)12-15)19(26)18-8-6-7-11-24(18)20(27)28-21(3,4)5/h9-10,12,14,18H,6-8,11,13H2,1-5H3/t18-/m0/s1. The molecule has 1 aromatic rings. The summed E-state index contributed by atoms with van der Waals surface area (Å²) in [5.41, 5.74) is 0.302. The molecule has 1 aliphatic rings. The molecule has 0 bridgehead atoms. The maximum Gasteiger partial charge on any atom is 0.410 e. The van der Waals surface area contributed by atoms with Crippen LogP contribution < -0.4 is 0 Å². The minimum atomic E-state index is -0.597. The topological polar surface area (TPSA) is 49.9 Å². The Bertz CT molecular complexity index is 716. The summed E-state index contributed by atoms with van der Waals surface area (Å²) in [5.74, 6) is -0.0633. The SMILES string of the molecule is CC(C)N(Cc1ccc(Cl)c(Cl)c1)C(=O)[C@@H]1CCCCN1C(=O)OC(C)(C)C. The van der Waals surface area contributed by atoms with Crippen LogP contribution in [0.15, 0.2) is 18.2 Å². The molecular weight excluding hydrogens is 399 g/mol. The van der Waals surface area contributed by atoms with Crippen molar-refractivity contribution in [1.29, 1.82) is 0 Å². The molecule has 0 spiro atoms. The molecule has 7 heteroatoms. The number of likely N-dealkylation sites (tertiary alicyclic amines) is 1. The highest BCUT2D eigenvalue weighted by Gasteiger charge is 2.37. The van der Waals surface area contributed by atoms with Crippen molar-refractivity contribution in [1.82, 2.24) is 9.80 Å². The van der Waals surface area contributed by atoms with Gasteiger partial charge in [-0.15, -0.1) is 0 Å². The predicted octanol–water partition coefficient (Wildman–Crippen LogP) is 5.52. The van der Waals surface area contributed by atoms with E-state index in [4.69, 9.17) is 27.9 Å². The Morgan fingerprint density at radius 3 is 2.46 bits per heavy atom. The normalized spacial score (nSPS) is 17.6. The van der Waals surface area contributed by atoms with Crippen molar-refractivity contribution in [3.8, 4) is 0 Å². The van der Waals surface area contributed by atoms with E-state index in [9.17, 15) is 9.59 Å². The molecule has 2 amide bonds. The second-order valence-corrected chi connectivity index (χ2v) is 9.31. The van der Waals surface area contributed by atoms with Crippen molar-refractivity contribution in [2.75, 3.05) is 6.54 Å². The van der Waals surface area contributed by atoms with Crippen molar-refractivity contribution in [3.05, 3.63) is 33.8 Å². The van der Waals surface area contributed by atoms with Crippen LogP contribution in [0, 0.1) is 0 Å². The van der Waals surface area contributed by atoms with Gasteiger partial charge in [0, 0.05) is 19.1 Å². The molecule has 1 fully saturated rings. The fourth-order valence-corrected chi connectivity index (χ4v) is 3.59. The third kappa shape index (κ3) is 6.02. The highest BCUT2D eigenvalue weighted by atomic mass is 35.5. The Labute approximate surface area is 177 Å². The summed E-state index contributed by atoms with van der Waals surface area (Å²) in [6, 6.07) is 4.84. The molecule has 1 aromatic carbocycles. The van der Waals surface area contributed by atoms with Gasteiger partial charge in [-0.3, -0.25) is 9.69 Å². The van der Waals surface area contributed by atoms with E-state index in [2.05, 4.69) is 0 Å². The van der Waals surface area contributed by atoms with E-state index in [1.165, 1.54) is 0 Å². The van der Waals surface area contributed by atoms with Gasteiger partial charge in [0.1, 0.15) is 11.6 Å². The van der Waals surface area contributed by atoms with Gasteiger partial charge in [0.2, 0.25) is 5.91 Å². The van der Waals surface area contributed by atoms with Crippen LogP contribution in [0.4, 0.5) is 4.79 Å². The van der Waals surface area contributed by atoms with Crippen LogP contribution in [0.25, 0.3) is 0 Å². The molecule has 28 heavy (non-hydrogen) atoms. The van der Waals surface area contributed by atoms with E-state index in [1.807, 2.05) is 40.7 Å². The van der Waals surface area contributed by atoms with Crippen LogP contribution >= 0.6 is 23.2 Å². The molecule has 2 rings (SSSR count). The molecule has 0 N–H and O–H groups in total. The lowest BCUT2D eigenvalue weighted by Gasteiger charge is -2.39. The summed E-state index contributed by atoms with van der Waals surface area (Å²) >= 11 is 12.1. The van der Waals surface area contributed by atoms with Gasteiger partial charge in [-0.2, -0.15) is 0 Å². The van der Waals surface area contributed by atoms with Gasteiger partial charge < -0.3 is 9.64 Å². The van der Waals surface area contributed by atoms with Crippen LogP contribution in [-0.2, 0) is 16.1 Å². The monoisotopic (exact) mass is 428 g/mol. The molecule has 0 saturated carbocycles. The molecule has 1 atom stereocenters. The molecule has 0 aliphatic carbocycles. The number of amides is 2. The largest absolute Gasteiger partial charge is 0.444 e. The first kappa shape index (κ1) is 22.8. The van der Waals surface area contributed by atoms with E-state index in [0.29, 0.717) is 29.6 Å². The Morgan fingerprint density at radius 2 is 1.89 bits per heavy atom. The van der Waals surface area contributed by atoms with Gasteiger partial charge >= 0.3 is 6.09 Å². The summed E-state index contributed by atoms with van der Waals surface area (Å²) in [4.78, 5) is 29.4. The number of benzene rings is 1. The fraction of sp³-hybridized carbons (Fsp3) is 0.619. The average Bonchev–Trinajstić information content (AvgIpc) is 2.60. The first-order chi connectivity index (χ1) is 13.0. The Balaban J connectivity index is 2.21. The van der Waals surface area contributed by atoms with Crippen LogP contribution in [0.5, 0.6) is 0 Å². The molecule has 1 aliphatic heterocycles. The van der Waals surface area contributed by atoms with Crippen molar-refractivity contribution < 1.29 is 14.3 Å². The maximum absolute atomic E-state index is 13.4. The van der Waals surface area contributed by atoms with Crippen molar-refractivity contribution in [2.45, 2.75) is 78.1 Å². The second-order valence-electron chi connectivity index (χ2n) is 8.49. The van der Waals surface area contributed by atoms with Gasteiger partial charge in [-0.05, 0) is 71.6 Å². The van der Waals surface area contributed by atoms with Gasteiger partial charge in [0.15, 0.2) is 0 Å². The highest BCUT2D eigenvalue weighted by Crippen LogP contribution is 2.26. The fourth-order valence-electron chi connectivity index (χ4n) is 3.27. The first-order valence-electron chi connectivity index (χ1n) is 9.73. The van der Waals surface area contributed by atoms with Crippen LogP contribution in [0.1, 0.15) is 59.4 Å². The lowest BCUT2D eigenvalue weighted by molar-refractivity contribution is -0.140. The van der Waals surface area contributed by atoms with E-state index >= 15 is 0 Å². The molecule has 1 saturated heterocycles. The van der Waals surface area contributed by atoms with Gasteiger partial charge in [-0.1, -0.05) is 29.3 Å². The molecule has 0 unspecified atom stereocenters. The zero-order valence-electron chi connectivity index (χ0n) is 17.3. The van der Waals surface area contributed by atoms with Crippen molar-refractivity contribution in [3.63, 3.8) is 0 Å². The lowest BCUT2D eigenvalue weighted by atomic mass is 10.0. The number of carbonyl (C=O) groups excluding carboxylic acids is 2. The van der Waals surface area contributed by atoms with Crippen LogP contribution in [0.2, 0.25) is 10.0 Å². The summed E-state index contributed by atoms with van der Waals surface area (Å²) in [6.07, 6.45) is 2.00. The number of rotatable bonds is 4. The molecule has 0 aromatic heterocycles. The number of halogens is 2. The van der Waals surface area contributed by atoms with Crippen molar-refractivity contribution >= 4 is 35.2 Å². The minimum absolute atomic E-state index is 0.0237. The van der Waals surface area contributed by atoms with Gasteiger partial charge in [0.05, 0.1) is 10.0 Å². The summed E-state index contributed by atoms with van der Waals surface area (Å²) in [7, 11) is 0. The third-order valence-corrected chi connectivity index (χ3v) is 5.40.